The summed E-state index contributed by atoms with van der Waals surface area (Å²) in [5.74, 6) is -3.81. The van der Waals surface area contributed by atoms with E-state index >= 15 is 0 Å². The second-order valence-corrected chi connectivity index (χ2v) is 3.79. The Hall–Kier alpha value is -1.32. The van der Waals surface area contributed by atoms with Gasteiger partial charge in [0.1, 0.15) is 5.71 Å². The molecule has 0 bridgehead atoms. The molecule has 0 aromatic heterocycles. The Labute approximate surface area is 96.2 Å². The van der Waals surface area contributed by atoms with Crippen molar-refractivity contribution in [3.63, 3.8) is 0 Å². The van der Waals surface area contributed by atoms with Gasteiger partial charge in [-0.05, 0) is 6.42 Å². The number of fused-ring (bicyclic) bond motifs is 1. The second kappa shape index (κ2) is 3.84. The smallest absolute Gasteiger partial charge is 0.356 e. The summed E-state index contributed by atoms with van der Waals surface area (Å²) in [6.07, 6.45) is -11.9. The quantitative estimate of drug-likeness (QED) is 0.632. The Morgan fingerprint density at radius 3 is 2.39 bits per heavy atom. The zero-order chi connectivity index (χ0) is 13.7. The predicted octanol–water partition coefficient (Wildman–Crippen LogP) is 1.67. The SMILES string of the molecule is O=C(N1N=C(C(F)(F)F)C2CCOC21)C(F)(F)F. The minimum absolute atomic E-state index is 0.120. The monoisotopic (exact) mass is 276 g/mol. The van der Waals surface area contributed by atoms with E-state index in [2.05, 4.69) is 5.10 Å². The van der Waals surface area contributed by atoms with Crippen LogP contribution in [0.4, 0.5) is 26.3 Å². The van der Waals surface area contributed by atoms with Crippen LogP contribution in [-0.2, 0) is 9.53 Å². The predicted molar refractivity (Wildman–Crippen MR) is 44.2 cm³/mol. The maximum atomic E-state index is 12.5. The Kier molecular flexibility index (Phi) is 2.80. The fourth-order valence-electron chi connectivity index (χ4n) is 1.89. The van der Waals surface area contributed by atoms with Gasteiger partial charge < -0.3 is 4.74 Å². The first kappa shape index (κ1) is 13.1. The highest BCUT2D eigenvalue weighted by Crippen LogP contribution is 2.39. The summed E-state index contributed by atoms with van der Waals surface area (Å²) in [5, 5.41) is 2.48. The highest BCUT2D eigenvalue weighted by molar-refractivity contribution is 5.96. The minimum atomic E-state index is -5.29. The first-order valence-electron chi connectivity index (χ1n) is 4.80. The standard InChI is InChI=1S/C8H6F6N2O2/c9-7(10,11)4-3-1-2-18-5(3)16(15-4)6(17)8(12,13)14/h3,5H,1-2H2. The van der Waals surface area contributed by atoms with Crippen LogP contribution in [0.25, 0.3) is 0 Å². The maximum absolute atomic E-state index is 12.5. The molecule has 2 heterocycles. The summed E-state index contributed by atoms with van der Waals surface area (Å²) in [6, 6.07) is 0. The third-order valence-corrected chi connectivity index (χ3v) is 2.61. The zero-order valence-electron chi connectivity index (χ0n) is 8.55. The van der Waals surface area contributed by atoms with Crippen LogP contribution in [-0.4, -0.2) is 41.8 Å². The molecule has 10 heteroatoms. The molecule has 2 atom stereocenters. The van der Waals surface area contributed by atoms with E-state index in [9.17, 15) is 31.1 Å². The van der Waals surface area contributed by atoms with Crippen molar-refractivity contribution in [1.82, 2.24) is 5.01 Å². The van der Waals surface area contributed by atoms with Gasteiger partial charge >= 0.3 is 18.3 Å². The van der Waals surface area contributed by atoms with E-state index in [-0.39, 0.29) is 18.0 Å². The van der Waals surface area contributed by atoms with Crippen molar-refractivity contribution in [2.75, 3.05) is 6.61 Å². The van der Waals surface area contributed by atoms with Crippen LogP contribution in [0, 0.1) is 5.92 Å². The lowest BCUT2D eigenvalue weighted by Crippen LogP contribution is -2.43. The number of hydrogen-bond acceptors (Lipinski definition) is 3. The Morgan fingerprint density at radius 1 is 1.28 bits per heavy atom. The molecule has 0 radical (unpaired) electrons. The number of hydrogen-bond donors (Lipinski definition) is 0. The molecule has 0 spiro atoms. The molecule has 102 valence electrons. The fourth-order valence-corrected chi connectivity index (χ4v) is 1.89. The molecule has 0 N–H and O–H groups in total. The highest BCUT2D eigenvalue weighted by Gasteiger charge is 2.57. The van der Waals surface area contributed by atoms with Crippen molar-refractivity contribution in [2.45, 2.75) is 25.0 Å². The van der Waals surface area contributed by atoms with Crippen LogP contribution in [0.15, 0.2) is 5.10 Å². The van der Waals surface area contributed by atoms with Crippen molar-refractivity contribution in [1.29, 1.82) is 0 Å². The number of hydrazone groups is 1. The van der Waals surface area contributed by atoms with Gasteiger partial charge in [-0.25, -0.2) is 0 Å². The molecule has 0 aliphatic carbocycles. The molecular weight excluding hydrogens is 270 g/mol. The largest absolute Gasteiger partial charge is 0.473 e. The van der Waals surface area contributed by atoms with E-state index in [0.29, 0.717) is 0 Å². The number of carbonyl (C=O) groups is 1. The summed E-state index contributed by atoms with van der Waals surface area (Å²) in [5.41, 5.74) is -1.40. The van der Waals surface area contributed by atoms with Gasteiger partial charge in [0.25, 0.3) is 0 Å². The van der Waals surface area contributed by atoms with Crippen molar-refractivity contribution in [3.8, 4) is 0 Å². The number of alkyl halides is 6. The summed E-state index contributed by atoms with van der Waals surface area (Å²) < 4.78 is 78.9. The lowest BCUT2D eigenvalue weighted by atomic mass is 10.0. The minimum Gasteiger partial charge on any atom is -0.356 e. The summed E-state index contributed by atoms with van der Waals surface area (Å²) in [6.45, 7) is -0.147. The van der Waals surface area contributed by atoms with Crippen molar-refractivity contribution in [2.24, 2.45) is 11.0 Å². The third kappa shape index (κ3) is 2.04. The van der Waals surface area contributed by atoms with Gasteiger partial charge in [0.15, 0.2) is 6.23 Å². The molecule has 2 aliphatic heterocycles. The van der Waals surface area contributed by atoms with Crippen LogP contribution in [0.1, 0.15) is 6.42 Å². The van der Waals surface area contributed by atoms with E-state index in [0.717, 1.165) is 0 Å². The Balaban J connectivity index is 2.32. The average Bonchev–Trinajstić information content (AvgIpc) is 2.72. The van der Waals surface area contributed by atoms with Gasteiger partial charge in [0.2, 0.25) is 0 Å². The second-order valence-electron chi connectivity index (χ2n) is 3.79. The number of amides is 1. The summed E-state index contributed by atoms with van der Waals surface area (Å²) in [4.78, 5) is 10.9. The topological polar surface area (TPSA) is 41.9 Å². The van der Waals surface area contributed by atoms with E-state index < -0.39 is 36.1 Å². The van der Waals surface area contributed by atoms with Crippen LogP contribution in [0.2, 0.25) is 0 Å². The van der Waals surface area contributed by atoms with E-state index in [1.54, 1.807) is 0 Å². The van der Waals surface area contributed by atoms with Gasteiger partial charge in [-0.1, -0.05) is 0 Å². The molecule has 0 aromatic rings. The average molecular weight is 276 g/mol. The molecule has 4 nitrogen and oxygen atoms in total. The van der Waals surface area contributed by atoms with Crippen LogP contribution in [0.3, 0.4) is 0 Å². The van der Waals surface area contributed by atoms with Gasteiger partial charge in [-0.15, -0.1) is 0 Å². The molecule has 1 amide bonds. The molecule has 1 fully saturated rings. The van der Waals surface area contributed by atoms with E-state index in [4.69, 9.17) is 4.74 Å². The van der Waals surface area contributed by atoms with Crippen molar-refractivity contribution >= 4 is 11.6 Å². The van der Waals surface area contributed by atoms with Gasteiger partial charge in [-0.2, -0.15) is 36.5 Å². The van der Waals surface area contributed by atoms with Crippen LogP contribution >= 0.6 is 0 Å². The Morgan fingerprint density at radius 2 is 1.89 bits per heavy atom. The number of halogens is 6. The van der Waals surface area contributed by atoms with Gasteiger partial charge in [-0.3, -0.25) is 4.79 Å². The molecule has 1 saturated heterocycles. The van der Waals surface area contributed by atoms with Crippen molar-refractivity contribution in [3.05, 3.63) is 0 Å². The maximum Gasteiger partial charge on any atom is 0.473 e. The fraction of sp³-hybridized carbons (Fsp3) is 0.750. The summed E-state index contributed by atoms with van der Waals surface area (Å²) in [7, 11) is 0. The number of carbonyl (C=O) groups excluding carboxylic acids is 1. The van der Waals surface area contributed by atoms with Crippen LogP contribution < -0.4 is 0 Å². The first-order valence-corrected chi connectivity index (χ1v) is 4.80. The van der Waals surface area contributed by atoms with Gasteiger partial charge in [0, 0.05) is 0 Å². The lowest BCUT2D eigenvalue weighted by molar-refractivity contribution is -0.194. The molecule has 0 aromatic carbocycles. The number of ether oxygens (including phenoxy) is 1. The van der Waals surface area contributed by atoms with E-state index in [1.165, 1.54) is 0 Å². The van der Waals surface area contributed by atoms with Crippen molar-refractivity contribution < 1.29 is 35.9 Å². The first-order chi connectivity index (χ1) is 8.12. The summed E-state index contributed by atoms with van der Waals surface area (Å²) >= 11 is 0. The lowest BCUT2D eigenvalue weighted by Gasteiger charge is -2.20. The Bertz CT molecular complexity index is 401. The molecular formula is C8H6F6N2O2. The molecule has 18 heavy (non-hydrogen) atoms. The number of rotatable bonds is 0. The zero-order valence-corrected chi connectivity index (χ0v) is 8.55. The molecule has 2 unspecified atom stereocenters. The number of nitrogens with zero attached hydrogens (tertiary/aromatic N) is 2. The normalized spacial score (nSPS) is 28.3. The molecule has 2 rings (SSSR count). The molecule has 2 aliphatic rings. The van der Waals surface area contributed by atoms with Crippen LogP contribution in [0.5, 0.6) is 0 Å². The highest BCUT2D eigenvalue weighted by atomic mass is 19.4. The third-order valence-electron chi connectivity index (χ3n) is 2.61. The van der Waals surface area contributed by atoms with E-state index in [1.807, 2.05) is 0 Å². The van der Waals surface area contributed by atoms with Gasteiger partial charge in [0.05, 0.1) is 12.5 Å². The molecule has 0 saturated carbocycles.